The van der Waals surface area contributed by atoms with Gasteiger partial charge in [0.1, 0.15) is 11.2 Å². The lowest BCUT2D eigenvalue weighted by molar-refractivity contribution is 0.0616. The van der Waals surface area contributed by atoms with Gasteiger partial charge in [-0.2, -0.15) is 5.10 Å². The number of nitrogens with zero attached hydrogens (tertiary/aromatic N) is 4. The molecule has 0 aliphatic carbocycles. The van der Waals surface area contributed by atoms with Crippen LogP contribution in [0, 0.1) is 5.82 Å². The van der Waals surface area contributed by atoms with Crippen LogP contribution in [-0.2, 0) is 6.54 Å². The molecule has 0 radical (unpaired) electrons. The van der Waals surface area contributed by atoms with Crippen molar-refractivity contribution < 1.29 is 14.3 Å². The van der Waals surface area contributed by atoms with E-state index in [0.717, 1.165) is 0 Å². The predicted octanol–water partition coefficient (Wildman–Crippen LogP) is 2.52. The van der Waals surface area contributed by atoms with E-state index in [9.17, 15) is 19.1 Å². The molecule has 3 aromatic rings. The number of amides is 1. The summed E-state index contributed by atoms with van der Waals surface area (Å²) in [7, 11) is 0. The second-order valence-corrected chi connectivity index (χ2v) is 7.46. The average molecular weight is 384 g/mol. The summed E-state index contributed by atoms with van der Waals surface area (Å²) in [5.41, 5.74) is 0.782. The lowest BCUT2D eigenvalue weighted by atomic mass is 10.1. The molecule has 0 spiro atoms. The Kier molecular flexibility index (Phi) is 4.21. The molecule has 0 saturated carbocycles. The number of halogens is 1. The Morgan fingerprint density at radius 3 is 2.57 bits per heavy atom. The first-order valence-electron chi connectivity index (χ1n) is 9.18. The van der Waals surface area contributed by atoms with Gasteiger partial charge in [0, 0.05) is 18.6 Å². The summed E-state index contributed by atoms with van der Waals surface area (Å²) >= 11 is 0. The summed E-state index contributed by atoms with van der Waals surface area (Å²) in [4.78, 5) is 27.6. The van der Waals surface area contributed by atoms with E-state index >= 15 is 0 Å². The third kappa shape index (κ3) is 2.67. The third-order valence-electron chi connectivity index (χ3n) is 5.22. The Balaban J connectivity index is 1.86. The van der Waals surface area contributed by atoms with Crippen molar-refractivity contribution in [2.24, 2.45) is 0 Å². The summed E-state index contributed by atoms with van der Waals surface area (Å²) < 4.78 is 16.0. The quantitative estimate of drug-likeness (QED) is 0.753. The maximum Gasteiger partial charge on any atom is 0.280 e. The second kappa shape index (κ2) is 6.47. The zero-order chi connectivity index (χ0) is 20.2. The summed E-state index contributed by atoms with van der Waals surface area (Å²) in [6.45, 7) is 6.39. The molecule has 0 unspecified atom stereocenters. The Labute approximate surface area is 160 Å². The monoisotopic (exact) mass is 384 g/mol. The number of rotatable bonds is 3. The van der Waals surface area contributed by atoms with Crippen LogP contribution in [0.4, 0.5) is 4.39 Å². The molecular weight excluding hydrogens is 363 g/mol. The van der Waals surface area contributed by atoms with E-state index in [4.69, 9.17) is 0 Å². The van der Waals surface area contributed by atoms with Crippen LogP contribution >= 0.6 is 0 Å². The normalized spacial score (nSPS) is 16.8. The van der Waals surface area contributed by atoms with Gasteiger partial charge in [-0.05, 0) is 38.5 Å². The molecule has 0 fully saturated rings. The van der Waals surface area contributed by atoms with E-state index in [1.807, 2.05) is 20.8 Å². The minimum absolute atomic E-state index is 0.0191. The average Bonchev–Trinajstić information content (AvgIpc) is 2.96. The van der Waals surface area contributed by atoms with Crippen molar-refractivity contribution in [2.45, 2.75) is 39.4 Å². The molecule has 146 valence electrons. The van der Waals surface area contributed by atoms with Crippen LogP contribution in [-0.4, -0.2) is 42.8 Å². The van der Waals surface area contributed by atoms with Crippen LogP contribution in [0.15, 0.2) is 35.3 Å². The SMILES string of the molecule is CC(C)N1C[C@H](C)n2c(c(O)c3c(=O)n(Cc4ccc(F)cc4)ncc32)C1=O. The van der Waals surface area contributed by atoms with Crippen LogP contribution < -0.4 is 5.56 Å². The summed E-state index contributed by atoms with van der Waals surface area (Å²) in [5, 5.41) is 15.1. The van der Waals surface area contributed by atoms with Gasteiger partial charge in [0.15, 0.2) is 11.4 Å². The summed E-state index contributed by atoms with van der Waals surface area (Å²) in [6, 6.07) is 5.65. The molecule has 1 atom stereocenters. The van der Waals surface area contributed by atoms with E-state index in [1.54, 1.807) is 21.6 Å². The van der Waals surface area contributed by atoms with E-state index in [0.29, 0.717) is 17.6 Å². The molecule has 8 heteroatoms. The smallest absolute Gasteiger partial charge is 0.280 e. The molecular formula is C20H21FN4O3. The number of carbonyl (C=O) groups is 1. The van der Waals surface area contributed by atoms with Gasteiger partial charge < -0.3 is 14.6 Å². The topological polar surface area (TPSA) is 80.4 Å². The van der Waals surface area contributed by atoms with Crippen molar-refractivity contribution in [3.05, 3.63) is 57.9 Å². The number of aromatic nitrogens is 3. The number of carbonyl (C=O) groups excluding carboxylic acids is 1. The van der Waals surface area contributed by atoms with Crippen molar-refractivity contribution in [3.63, 3.8) is 0 Å². The fraction of sp³-hybridized carbons (Fsp3) is 0.350. The molecule has 1 aliphatic heterocycles. The molecule has 0 bridgehead atoms. The molecule has 7 nitrogen and oxygen atoms in total. The fourth-order valence-corrected chi connectivity index (χ4v) is 3.81. The highest BCUT2D eigenvalue weighted by molar-refractivity contribution is 6.04. The highest BCUT2D eigenvalue weighted by Crippen LogP contribution is 2.36. The number of aromatic hydroxyl groups is 1. The first-order chi connectivity index (χ1) is 13.3. The van der Waals surface area contributed by atoms with E-state index in [1.165, 1.54) is 23.0 Å². The minimum atomic E-state index is -0.489. The van der Waals surface area contributed by atoms with Crippen LogP contribution in [0.2, 0.25) is 0 Å². The van der Waals surface area contributed by atoms with Crippen molar-refractivity contribution in [3.8, 4) is 5.75 Å². The maximum atomic E-state index is 13.1. The zero-order valence-corrected chi connectivity index (χ0v) is 15.9. The maximum absolute atomic E-state index is 13.1. The van der Waals surface area contributed by atoms with Crippen molar-refractivity contribution >= 4 is 16.8 Å². The highest BCUT2D eigenvalue weighted by atomic mass is 19.1. The van der Waals surface area contributed by atoms with E-state index in [-0.39, 0.29) is 47.2 Å². The molecule has 28 heavy (non-hydrogen) atoms. The fourth-order valence-electron chi connectivity index (χ4n) is 3.81. The standard InChI is InChI=1S/C20H21FN4O3/c1-11(2)23-9-12(3)25-15-8-22-24(10-13-4-6-14(21)7-5-13)19(27)16(15)18(26)17(25)20(23)28/h4-8,11-12,26H,9-10H2,1-3H3/t12-/m0/s1. The first-order valence-corrected chi connectivity index (χ1v) is 9.18. The number of hydrogen-bond acceptors (Lipinski definition) is 4. The largest absolute Gasteiger partial charge is 0.505 e. The van der Waals surface area contributed by atoms with Crippen LogP contribution in [0.1, 0.15) is 42.9 Å². The van der Waals surface area contributed by atoms with E-state index < -0.39 is 5.56 Å². The van der Waals surface area contributed by atoms with Crippen molar-refractivity contribution in [1.29, 1.82) is 0 Å². The van der Waals surface area contributed by atoms with Gasteiger partial charge in [-0.25, -0.2) is 9.07 Å². The minimum Gasteiger partial charge on any atom is -0.505 e. The Morgan fingerprint density at radius 2 is 1.93 bits per heavy atom. The van der Waals surface area contributed by atoms with Crippen LogP contribution in [0.25, 0.3) is 10.9 Å². The molecule has 1 aliphatic rings. The van der Waals surface area contributed by atoms with Crippen LogP contribution in [0.5, 0.6) is 5.75 Å². The van der Waals surface area contributed by atoms with Gasteiger partial charge in [0.2, 0.25) is 0 Å². The first kappa shape index (κ1) is 18.2. The third-order valence-corrected chi connectivity index (χ3v) is 5.22. The lowest BCUT2D eigenvalue weighted by Crippen LogP contribution is -2.45. The summed E-state index contributed by atoms with van der Waals surface area (Å²) in [6.07, 6.45) is 1.50. The molecule has 1 amide bonds. The molecule has 1 N–H and O–H groups in total. The van der Waals surface area contributed by atoms with Crippen molar-refractivity contribution in [1.82, 2.24) is 19.2 Å². The van der Waals surface area contributed by atoms with Gasteiger partial charge in [0.25, 0.3) is 11.5 Å². The molecule has 1 aromatic carbocycles. The molecule has 0 saturated heterocycles. The highest BCUT2D eigenvalue weighted by Gasteiger charge is 2.36. The van der Waals surface area contributed by atoms with Gasteiger partial charge in [-0.15, -0.1) is 0 Å². The lowest BCUT2D eigenvalue weighted by Gasteiger charge is -2.35. The number of hydrogen-bond donors (Lipinski definition) is 1. The summed E-state index contributed by atoms with van der Waals surface area (Å²) in [5.74, 6) is -0.969. The van der Waals surface area contributed by atoms with Gasteiger partial charge in [0.05, 0.1) is 18.3 Å². The molecule has 3 heterocycles. The van der Waals surface area contributed by atoms with Gasteiger partial charge >= 0.3 is 0 Å². The molecule has 4 rings (SSSR count). The Hall–Kier alpha value is -3.16. The van der Waals surface area contributed by atoms with E-state index in [2.05, 4.69) is 5.10 Å². The Bertz CT molecular complexity index is 1130. The number of benzene rings is 1. The second-order valence-electron chi connectivity index (χ2n) is 7.46. The van der Waals surface area contributed by atoms with Gasteiger partial charge in [-0.3, -0.25) is 9.59 Å². The Morgan fingerprint density at radius 1 is 1.25 bits per heavy atom. The van der Waals surface area contributed by atoms with Crippen molar-refractivity contribution in [2.75, 3.05) is 6.54 Å². The predicted molar refractivity (Wildman–Crippen MR) is 102 cm³/mol. The van der Waals surface area contributed by atoms with Crippen LogP contribution in [0.3, 0.4) is 0 Å². The number of fused-ring (bicyclic) bond motifs is 3. The van der Waals surface area contributed by atoms with Gasteiger partial charge in [-0.1, -0.05) is 12.1 Å². The molecule has 2 aromatic heterocycles. The zero-order valence-electron chi connectivity index (χ0n) is 15.9.